The second kappa shape index (κ2) is 2.40. The van der Waals surface area contributed by atoms with Crippen LogP contribution in [-0.2, 0) is 9.59 Å². The van der Waals surface area contributed by atoms with Crippen molar-refractivity contribution in [1.29, 1.82) is 0 Å². The number of amides is 1. The standard InChI is InChI=1S/C6H7F2NO3/c1-9-3(4(10)11)2-6(7,8)5(9)12/h3H,2H2,1H3,(H,10,11)/t3-/m0/s1/i1D3. The lowest BCUT2D eigenvalue weighted by atomic mass is 10.2. The summed E-state index contributed by atoms with van der Waals surface area (Å²) in [5, 5.41) is 8.52. The van der Waals surface area contributed by atoms with E-state index in [1.807, 2.05) is 0 Å². The van der Waals surface area contributed by atoms with Gasteiger partial charge < -0.3 is 10.0 Å². The average molecular weight is 182 g/mol. The number of nitrogens with zero attached hydrogens (tertiary/aromatic N) is 1. The lowest BCUT2D eigenvalue weighted by molar-refractivity contribution is -0.149. The summed E-state index contributed by atoms with van der Waals surface area (Å²) in [5.74, 6) is -7.64. The van der Waals surface area contributed by atoms with Gasteiger partial charge in [0.05, 0.1) is 6.42 Å². The number of halogens is 2. The smallest absolute Gasteiger partial charge is 0.327 e. The number of hydrogen-bond donors (Lipinski definition) is 1. The summed E-state index contributed by atoms with van der Waals surface area (Å²) in [5.41, 5.74) is 0. The van der Waals surface area contributed by atoms with Gasteiger partial charge in [0.1, 0.15) is 6.04 Å². The van der Waals surface area contributed by atoms with Gasteiger partial charge in [0, 0.05) is 11.1 Å². The normalized spacial score (nSPS) is 32.5. The van der Waals surface area contributed by atoms with Crippen molar-refractivity contribution < 1.29 is 27.6 Å². The van der Waals surface area contributed by atoms with E-state index in [9.17, 15) is 18.4 Å². The molecule has 0 aromatic carbocycles. The first-order chi connectivity index (χ1) is 6.57. The Labute approximate surface area is 71.0 Å². The molecule has 1 atom stereocenters. The Morgan fingerprint density at radius 1 is 1.92 bits per heavy atom. The summed E-state index contributed by atoms with van der Waals surface area (Å²) >= 11 is 0. The summed E-state index contributed by atoms with van der Waals surface area (Å²) in [6.07, 6.45) is -1.31. The lowest BCUT2D eigenvalue weighted by Gasteiger charge is -2.13. The summed E-state index contributed by atoms with van der Waals surface area (Å²) in [7, 11) is 0. The number of carboxylic acids is 1. The van der Waals surface area contributed by atoms with Gasteiger partial charge in [-0.3, -0.25) is 4.79 Å². The molecule has 4 nitrogen and oxygen atoms in total. The topological polar surface area (TPSA) is 57.6 Å². The summed E-state index contributed by atoms with van der Waals surface area (Å²) in [4.78, 5) is 21.2. The lowest BCUT2D eigenvalue weighted by Crippen LogP contribution is -2.36. The Bertz CT molecular complexity index is 317. The number of alkyl halides is 2. The van der Waals surface area contributed by atoms with Crippen LogP contribution < -0.4 is 0 Å². The van der Waals surface area contributed by atoms with E-state index >= 15 is 0 Å². The van der Waals surface area contributed by atoms with Crippen molar-refractivity contribution in [2.24, 2.45) is 0 Å². The number of rotatable bonds is 1. The number of carboxylic acid groups (broad SMARTS) is 1. The van der Waals surface area contributed by atoms with Gasteiger partial charge in [-0.05, 0) is 0 Å². The predicted octanol–water partition coefficient (Wildman–Crippen LogP) is -0.0630. The molecule has 1 aliphatic rings. The zero-order valence-corrected chi connectivity index (χ0v) is 5.75. The molecule has 0 spiro atoms. The molecule has 12 heavy (non-hydrogen) atoms. The zero-order chi connectivity index (χ0) is 12.0. The van der Waals surface area contributed by atoms with Gasteiger partial charge in [0.2, 0.25) is 0 Å². The maximum Gasteiger partial charge on any atom is 0.327 e. The molecule has 0 saturated carbocycles. The van der Waals surface area contributed by atoms with Crippen LogP contribution in [-0.4, -0.2) is 40.8 Å². The highest BCUT2D eigenvalue weighted by molar-refractivity contribution is 5.92. The van der Waals surface area contributed by atoms with E-state index in [4.69, 9.17) is 9.22 Å². The van der Waals surface area contributed by atoms with Crippen molar-refractivity contribution in [2.75, 3.05) is 6.98 Å². The average Bonchev–Trinajstić information content (AvgIpc) is 2.22. The molecule has 0 bridgehead atoms. The van der Waals surface area contributed by atoms with Crippen molar-refractivity contribution >= 4 is 11.9 Å². The van der Waals surface area contributed by atoms with Crippen LogP contribution in [0.3, 0.4) is 0 Å². The second-order valence-electron chi connectivity index (χ2n) is 2.44. The quantitative estimate of drug-likeness (QED) is 0.617. The van der Waals surface area contributed by atoms with E-state index in [0.29, 0.717) is 0 Å². The minimum absolute atomic E-state index is 0.255. The Hall–Kier alpha value is -1.20. The van der Waals surface area contributed by atoms with Crippen molar-refractivity contribution in [2.45, 2.75) is 18.4 Å². The van der Waals surface area contributed by atoms with Crippen LogP contribution in [0.25, 0.3) is 0 Å². The number of carbonyl (C=O) groups excluding carboxylic acids is 1. The number of likely N-dealkylation sites (tertiary alicyclic amines) is 1. The Morgan fingerprint density at radius 2 is 2.50 bits per heavy atom. The first-order valence-corrected chi connectivity index (χ1v) is 3.02. The van der Waals surface area contributed by atoms with Crippen LogP contribution in [0.2, 0.25) is 0 Å². The molecule has 1 heterocycles. The van der Waals surface area contributed by atoms with Crippen LogP contribution in [0.1, 0.15) is 10.5 Å². The van der Waals surface area contributed by atoms with Gasteiger partial charge >= 0.3 is 11.9 Å². The number of likely N-dealkylation sites (N-methyl/N-ethyl adjacent to an activating group) is 1. The summed E-state index contributed by atoms with van der Waals surface area (Å²) in [6, 6.07) is -2.00. The van der Waals surface area contributed by atoms with E-state index in [0.717, 1.165) is 0 Å². The molecule has 0 radical (unpaired) electrons. The van der Waals surface area contributed by atoms with Gasteiger partial charge in [-0.15, -0.1) is 0 Å². The van der Waals surface area contributed by atoms with Crippen molar-refractivity contribution in [1.82, 2.24) is 4.90 Å². The van der Waals surface area contributed by atoms with Crippen LogP contribution in [0.5, 0.6) is 0 Å². The Kier molecular flexibility index (Phi) is 1.09. The second-order valence-corrected chi connectivity index (χ2v) is 2.44. The van der Waals surface area contributed by atoms with Crippen LogP contribution >= 0.6 is 0 Å². The molecule has 1 amide bonds. The molecule has 1 N–H and O–H groups in total. The molecule has 1 aliphatic heterocycles. The molecular formula is C6H7F2NO3. The number of hydrogen-bond acceptors (Lipinski definition) is 2. The Morgan fingerprint density at radius 3 is 2.83 bits per heavy atom. The molecule has 0 aromatic rings. The van der Waals surface area contributed by atoms with Gasteiger partial charge in [0.25, 0.3) is 5.91 Å². The molecule has 0 unspecified atom stereocenters. The molecule has 6 heteroatoms. The van der Waals surface area contributed by atoms with Gasteiger partial charge in [-0.2, -0.15) is 8.78 Å². The SMILES string of the molecule is [2H]C([2H])([2H])N1C(=O)C(F)(F)C[C@H]1C(=O)O. The highest BCUT2D eigenvalue weighted by atomic mass is 19.3. The minimum Gasteiger partial charge on any atom is -0.480 e. The minimum atomic E-state index is -3.92. The van der Waals surface area contributed by atoms with Gasteiger partial charge in [-0.25, -0.2) is 4.79 Å². The molecule has 1 rings (SSSR count). The molecule has 68 valence electrons. The van der Waals surface area contributed by atoms with Crippen LogP contribution in [0.15, 0.2) is 0 Å². The zero-order valence-electron chi connectivity index (χ0n) is 8.75. The fourth-order valence-electron chi connectivity index (χ4n) is 0.937. The molecule has 0 aromatic heterocycles. The maximum atomic E-state index is 12.8. The summed E-state index contributed by atoms with van der Waals surface area (Å²) in [6.45, 7) is -3.17. The molecule has 0 aliphatic carbocycles. The number of carbonyl (C=O) groups is 2. The van der Waals surface area contributed by atoms with Crippen molar-refractivity contribution in [3.05, 3.63) is 0 Å². The number of aliphatic carboxylic acids is 1. The predicted molar refractivity (Wildman–Crippen MR) is 33.8 cm³/mol. The van der Waals surface area contributed by atoms with E-state index in [-0.39, 0.29) is 4.90 Å². The van der Waals surface area contributed by atoms with Crippen LogP contribution in [0, 0.1) is 0 Å². The highest BCUT2D eigenvalue weighted by Crippen LogP contribution is 2.32. The molecule has 1 fully saturated rings. The first-order valence-electron chi connectivity index (χ1n) is 4.52. The molecular weight excluding hydrogens is 172 g/mol. The molecule has 1 saturated heterocycles. The van der Waals surface area contributed by atoms with E-state index in [1.54, 1.807) is 0 Å². The fraction of sp³-hybridized carbons (Fsp3) is 0.667. The van der Waals surface area contributed by atoms with Crippen molar-refractivity contribution in [3.8, 4) is 0 Å². The third-order valence-corrected chi connectivity index (χ3v) is 1.58. The van der Waals surface area contributed by atoms with E-state index in [1.165, 1.54) is 0 Å². The van der Waals surface area contributed by atoms with Gasteiger partial charge in [0.15, 0.2) is 0 Å². The Balaban J connectivity index is 3.11. The first kappa shape index (κ1) is 5.45. The van der Waals surface area contributed by atoms with Gasteiger partial charge in [-0.1, -0.05) is 0 Å². The van der Waals surface area contributed by atoms with E-state index < -0.39 is 37.2 Å². The fourth-order valence-corrected chi connectivity index (χ4v) is 0.937. The van der Waals surface area contributed by atoms with E-state index in [2.05, 4.69) is 0 Å². The third-order valence-electron chi connectivity index (χ3n) is 1.58. The third kappa shape index (κ3) is 1.13. The summed E-state index contributed by atoms with van der Waals surface area (Å²) < 4.78 is 46.1. The largest absolute Gasteiger partial charge is 0.480 e. The highest BCUT2D eigenvalue weighted by Gasteiger charge is 2.54. The monoisotopic (exact) mass is 182 g/mol. The van der Waals surface area contributed by atoms with Crippen LogP contribution in [0.4, 0.5) is 8.78 Å². The maximum absolute atomic E-state index is 12.8. The van der Waals surface area contributed by atoms with Crippen molar-refractivity contribution in [3.63, 3.8) is 0 Å².